The predicted octanol–water partition coefficient (Wildman–Crippen LogP) is 0.00420. The molecule has 10 heavy (non-hydrogen) atoms. The lowest BCUT2D eigenvalue weighted by molar-refractivity contribution is 0.197. The molecule has 1 aromatic rings. The number of H-pyrrole nitrogens is 1. The number of imidazole rings is 1. The van der Waals surface area contributed by atoms with Crippen molar-refractivity contribution in [2.24, 2.45) is 0 Å². The van der Waals surface area contributed by atoms with E-state index in [4.69, 9.17) is 5.11 Å². The van der Waals surface area contributed by atoms with Gasteiger partial charge in [-0.2, -0.15) is 0 Å². The first-order chi connectivity index (χ1) is 4.79. The van der Waals surface area contributed by atoms with E-state index in [1.165, 1.54) is 6.20 Å². The van der Waals surface area contributed by atoms with Crippen LogP contribution >= 0.6 is 0 Å². The SMILES string of the molecule is O=C(O)NNc1ncc[nH]1. The maximum absolute atomic E-state index is 9.88. The smallest absolute Gasteiger partial charge is 0.423 e. The van der Waals surface area contributed by atoms with Gasteiger partial charge < -0.3 is 10.1 Å². The molecule has 0 bridgehead atoms. The van der Waals surface area contributed by atoms with Crippen molar-refractivity contribution in [2.45, 2.75) is 0 Å². The zero-order valence-electron chi connectivity index (χ0n) is 4.96. The van der Waals surface area contributed by atoms with Crippen molar-refractivity contribution in [3.05, 3.63) is 12.4 Å². The van der Waals surface area contributed by atoms with Crippen LogP contribution in [0.2, 0.25) is 0 Å². The van der Waals surface area contributed by atoms with E-state index >= 15 is 0 Å². The van der Waals surface area contributed by atoms with Gasteiger partial charge in [0.15, 0.2) is 0 Å². The minimum Gasteiger partial charge on any atom is -0.464 e. The molecule has 0 aliphatic heterocycles. The van der Waals surface area contributed by atoms with E-state index in [9.17, 15) is 4.79 Å². The Morgan fingerprint density at radius 2 is 2.60 bits per heavy atom. The van der Waals surface area contributed by atoms with Crippen LogP contribution in [-0.4, -0.2) is 21.2 Å². The molecule has 6 nitrogen and oxygen atoms in total. The minimum absolute atomic E-state index is 0.363. The molecule has 1 rings (SSSR count). The third kappa shape index (κ3) is 1.66. The lowest BCUT2D eigenvalue weighted by Crippen LogP contribution is -2.27. The normalized spacial score (nSPS) is 8.80. The lowest BCUT2D eigenvalue weighted by Gasteiger charge is -1.98. The largest absolute Gasteiger partial charge is 0.464 e. The molecule has 0 radical (unpaired) electrons. The number of anilines is 1. The second-order valence-electron chi connectivity index (χ2n) is 1.49. The summed E-state index contributed by atoms with van der Waals surface area (Å²) in [6, 6.07) is 0. The summed E-state index contributed by atoms with van der Waals surface area (Å²) in [5.74, 6) is 0.363. The number of aromatic nitrogens is 2. The summed E-state index contributed by atoms with van der Waals surface area (Å²) < 4.78 is 0. The van der Waals surface area contributed by atoms with Gasteiger partial charge in [0.2, 0.25) is 5.95 Å². The summed E-state index contributed by atoms with van der Waals surface area (Å²) >= 11 is 0. The number of aromatic amines is 1. The maximum Gasteiger partial charge on any atom is 0.423 e. The highest BCUT2D eigenvalue weighted by molar-refractivity contribution is 5.65. The Morgan fingerprint density at radius 1 is 1.80 bits per heavy atom. The standard InChI is InChI=1S/C4H6N4O2/c9-4(10)8-7-3-5-1-2-6-3/h1-2,8H,(H,9,10)(H2,5,6,7). The summed E-state index contributed by atoms with van der Waals surface area (Å²) in [5, 5.41) is 8.10. The molecule has 0 atom stereocenters. The summed E-state index contributed by atoms with van der Waals surface area (Å²) in [5.41, 5.74) is 4.23. The van der Waals surface area contributed by atoms with E-state index in [0.29, 0.717) is 5.95 Å². The monoisotopic (exact) mass is 142 g/mol. The number of carboxylic acid groups (broad SMARTS) is 1. The van der Waals surface area contributed by atoms with Gasteiger partial charge in [-0.3, -0.25) is 5.43 Å². The molecular weight excluding hydrogens is 136 g/mol. The van der Waals surface area contributed by atoms with Gasteiger partial charge in [0.05, 0.1) is 0 Å². The fourth-order valence-electron chi connectivity index (χ4n) is 0.446. The van der Waals surface area contributed by atoms with Crippen molar-refractivity contribution in [1.29, 1.82) is 0 Å². The van der Waals surface area contributed by atoms with Crippen molar-refractivity contribution in [1.82, 2.24) is 15.4 Å². The molecule has 0 aliphatic rings. The Bertz CT molecular complexity index is 207. The van der Waals surface area contributed by atoms with Crippen LogP contribution < -0.4 is 10.9 Å². The zero-order chi connectivity index (χ0) is 7.40. The first kappa shape index (κ1) is 6.40. The first-order valence-corrected chi connectivity index (χ1v) is 2.53. The van der Waals surface area contributed by atoms with E-state index in [-0.39, 0.29) is 0 Å². The van der Waals surface area contributed by atoms with Crippen molar-refractivity contribution in [2.75, 3.05) is 5.43 Å². The third-order valence-electron chi connectivity index (χ3n) is 0.786. The van der Waals surface area contributed by atoms with Crippen LogP contribution in [-0.2, 0) is 0 Å². The van der Waals surface area contributed by atoms with E-state index in [1.54, 1.807) is 6.20 Å². The van der Waals surface area contributed by atoms with E-state index in [1.807, 2.05) is 5.43 Å². The lowest BCUT2D eigenvalue weighted by atomic mass is 11.0. The average molecular weight is 142 g/mol. The van der Waals surface area contributed by atoms with Crippen LogP contribution in [0.5, 0.6) is 0 Å². The fraction of sp³-hybridized carbons (Fsp3) is 0. The molecule has 54 valence electrons. The summed E-state index contributed by atoms with van der Waals surface area (Å²) in [4.78, 5) is 16.2. The van der Waals surface area contributed by atoms with Gasteiger partial charge in [-0.05, 0) is 0 Å². The highest BCUT2D eigenvalue weighted by Crippen LogP contribution is 1.90. The van der Waals surface area contributed by atoms with Crippen LogP contribution in [0.4, 0.5) is 10.7 Å². The van der Waals surface area contributed by atoms with Crippen LogP contribution in [0.15, 0.2) is 12.4 Å². The number of nitrogens with one attached hydrogen (secondary N) is 3. The Kier molecular flexibility index (Phi) is 1.74. The van der Waals surface area contributed by atoms with Gasteiger partial charge in [-0.1, -0.05) is 0 Å². The van der Waals surface area contributed by atoms with Gasteiger partial charge in [-0.15, -0.1) is 0 Å². The van der Waals surface area contributed by atoms with E-state index in [0.717, 1.165) is 0 Å². The Morgan fingerprint density at radius 3 is 3.10 bits per heavy atom. The number of rotatable bonds is 2. The molecule has 0 saturated heterocycles. The molecule has 0 aliphatic carbocycles. The van der Waals surface area contributed by atoms with Crippen molar-refractivity contribution >= 4 is 12.0 Å². The molecule has 1 aromatic heterocycles. The first-order valence-electron chi connectivity index (χ1n) is 2.53. The number of nitrogens with zero attached hydrogens (tertiary/aromatic N) is 1. The van der Waals surface area contributed by atoms with Crippen LogP contribution in [0, 0.1) is 0 Å². The predicted molar refractivity (Wildman–Crippen MR) is 33.4 cm³/mol. The molecule has 1 heterocycles. The molecule has 1 amide bonds. The molecular formula is C4H6N4O2. The quantitative estimate of drug-likeness (QED) is 0.437. The fourth-order valence-corrected chi connectivity index (χ4v) is 0.446. The molecule has 0 aromatic carbocycles. The summed E-state index contributed by atoms with van der Waals surface area (Å²) in [7, 11) is 0. The Balaban J connectivity index is 2.35. The minimum atomic E-state index is -1.16. The van der Waals surface area contributed by atoms with Gasteiger partial charge in [0.25, 0.3) is 0 Å². The summed E-state index contributed by atoms with van der Waals surface area (Å²) in [6.45, 7) is 0. The average Bonchev–Trinajstić information content (AvgIpc) is 2.34. The molecule has 4 N–H and O–H groups in total. The highest BCUT2D eigenvalue weighted by Gasteiger charge is 1.93. The second kappa shape index (κ2) is 2.72. The molecule has 0 fully saturated rings. The molecule has 6 heteroatoms. The van der Waals surface area contributed by atoms with Gasteiger partial charge >= 0.3 is 6.09 Å². The van der Waals surface area contributed by atoms with Crippen LogP contribution in [0.1, 0.15) is 0 Å². The van der Waals surface area contributed by atoms with E-state index in [2.05, 4.69) is 15.4 Å². The van der Waals surface area contributed by atoms with Crippen molar-refractivity contribution in [3.63, 3.8) is 0 Å². The molecule has 0 unspecified atom stereocenters. The maximum atomic E-state index is 9.88. The van der Waals surface area contributed by atoms with Crippen LogP contribution in [0.25, 0.3) is 0 Å². The number of hydrogen-bond acceptors (Lipinski definition) is 3. The van der Waals surface area contributed by atoms with Gasteiger partial charge in [0.1, 0.15) is 0 Å². The topological polar surface area (TPSA) is 90.0 Å². The Hall–Kier alpha value is -1.72. The number of hydrazine groups is 1. The van der Waals surface area contributed by atoms with Crippen molar-refractivity contribution in [3.8, 4) is 0 Å². The highest BCUT2D eigenvalue weighted by atomic mass is 16.4. The summed E-state index contributed by atoms with van der Waals surface area (Å²) in [6.07, 6.45) is 1.92. The third-order valence-corrected chi connectivity index (χ3v) is 0.786. The van der Waals surface area contributed by atoms with E-state index < -0.39 is 6.09 Å². The molecule has 0 saturated carbocycles. The Labute approximate surface area is 56.3 Å². The zero-order valence-corrected chi connectivity index (χ0v) is 4.96. The second-order valence-corrected chi connectivity index (χ2v) is 1.49. The number of carbonyl (C=O) groups is 1. The van der Waals surface area contributed by atoms with Gasteiger partial charge in [0, 0.05) is 12.4 Å². The number of amides is 1. The molecule has 0 spiro atoms. The van der Waals surface area contributed by atoms with Crippen molar-refractivity contribution < 1.29 is 9.90 Å². The number of hydrogen-bond donors (Lipinski definition) is 4. The van der Waals surface area contributed by atoms with Gasteiger partial charge in [-0.25, -0.2) is 15.2 Å². The van der Waals surface area contributed by atoms with Crippen LogP contribution in [0.3, 0.4) is 0 Å².